The third kappa shape index (κ3) is 5.95. The van der Waals surface area contributed by atoms with E-state index >= 15 is 4.39 Å². The summed E-state index contributed by atoms with van der Waals surface area (Å²) in [5, 5.41) is 6.56. The average Bonchev–Trinajstić information content (AvgIpc) is 4.12. The molecule has 8 heteroatoms. The smallest absolute Gasteiger partial charge is 0.140 e. The highest BCUT2D eigenvalue weighted by Crippen LogP contribution is 2.45. The Labute approximate surface area is 396 Å². The third-order valence-electron chi connectivity index (χ3n) is 13.9. The molecule has 0 saturated heterocycles. The first-order chi connectivity index (χ1) is 34.1. The summed E-state index contributed by atoms with van der Waals surface area (Å²) >= 11 is 0. The van der Waals surface area contributed by atoms with E-state index in [1.165, 1.54) is 5.69 Å². The normalized spacial score (nSPS) is 12.7. The van der Waals surface area contributed by atoms with Gasteiger partial charge in [-0.3, -0.25) is 4.57 Å². The zero-order chi connectivity index (χ0) is 45.7. The second-order valence-corrected chi connectivity index (χ2v) is 17.8. The largest absolute Gasteiger partial charge is 0.457 e. The van der Waals surface area contributed by atoms with E-state index in [1.54, 1.807) is 12.3 Å². The van der Waals surface area contributed by atoms with Crippen molar-refractivity contribution in [2.45, 2.75) is 0 Å². The molecule has 0 unspecified atom stereocenters. The molecule has 4 aromatic heterocycles. The molecule has 0 amide bonds. The van der Waals surface area contributed by atoms with Crippen LogP contribution in [0.15, 0.2) is 219 Å². The van der Waals surface area contributed by atoms with Crippen molar-refractivity contribution < 1.29 is 9.13 Å². The SMILES string of the molecule is CN1CN(c2cccc(Oc3ccc4c5ccccc5n(-c5cc(F)c(-c6c(-n7c8ccccc8c8ccccc87)cccc6-n6c7ccccc7c7ccccc76)cn5)c4c3)c2)c2ccccc21. The van der Waals surface area contributed by atoms with E-state index in [2.05, 4.69) is 196 Å². The second-order valence-electron chi connectivity index (χ2n) is 17.8. The third-order valence-corrected chi connectivity index (χ3v) is 13.9. The molecule has 0 bridgehead atoms. The number of rotatable bonds is 7. The Balaban J connectivity index is 0.943. The number of anilines is 3. The van der Waals surface area contributed by atoms with Gasteiger partial charge in [0.25, 0.3) is 0 Å². The van der Waals surface area contributed by atoms with Crippen molar-refractivity contribution in [3.63, 3.8) is 0 Å². The maximum atomic E-state index is 18.0. The van der Waals surface area contributed by atoms with Gasteiger partial charge >= 0.3 is 0 Å². The number of halogens is 1. The van der Waals surface area contributed by atoms with Gasteiger partial charge in [-0.25, -0.2) is 9.37 Å². The Kier molecular flexibility index (Phi) is 8.61. The fraction of sp³-hybridized carbons (Fsp3) is 0.0328. The predicted molar refractivity (Wildman–Crippen MR) is 281 cm³/mol. The van der Waals surface area contributed by atoms with Crippen LogP contribution in [-0.2, 0) is 0 Å². The Morgan fingerprint density at radius 1 is 0.420 bits per heavy atom. The Bertz CT molecular complexity index is 3980. The van der Waals surface area contributed by atoms with Crippen LogP contribution >= 0.6 is 0 Å². The van der Waals surface area contributed by atoms with Gasteiger partial charge in [0.15, 0.2) is 0 Å². The number of pyridine rings is 1. The monoisotopic (exact) mass is 892 g/mol. The molecular formula is C61H41FN6O. The van der Waals surface area contributed by atoms with E-state index < -0.39 is 0 Å². The maximum Gasteiger partial charge on any atom is 0.140 e. The molecule has 14 rings (SSSR count). The number of ether oxygens (including phenoxy) is 1. The topological polar surface area (TPSA) is 43.4 Å². The lowest BCUT2D eigenvalue weighted by Crippen LogP contribution is -2.23. The van der Waals surface area contributed by atoms with Crippen LogP contribution in [0.3, 0.4) is 0 Å². The number of para-hydroxylation sites is 7. The van der Waals surface area contributed by atoms with Gasteiger partial charge < -0.3 is 23.7 Å². The van der Waals surface area contributed by atoms with E-state index in [0.29, 0.717) is 17.1 Å². The molecule has 0 spiro atoms. The van der Waals surface area contributed by atoms with Crippen LogP contribution in [0.4, 0.5) is 21.5 Å². The summed E-state index contributed by atoms with van der Waals surface area (Å²) in [6, 6.07) is 72.7. The minimum absolute atomic E-state index is 0.389. The zero-order valence-corrected chi connectivity index (χ0v) is 37.5. The zero-order valence-electron chi connectivity index (χ0n) is 37.5. The summed E-state index contributed by atoms with van der Waals surface area (Å²) in [5.74, 6) is 1.46. The van der Waals surface area contributed by atoms with Gasteiger partial charge in [-0.2, -0.15) is 0 Å². The molecule has 0 saturated carbocycles. The van der Waals surface area contributed by atoms with Crippen LogP contribution in [0.5, 0.6) is 11.5 Å². The molecule has 1 aliphatic rings. The van der Waals surface area contributed by atoms with Crippen LogP contribution in [0.2, 0.25) is 0 Å². The summed E-state index contributed by atoms with van der Waals surface area (Å²) in [6.45, 7) is 0.741. The number of benzene rings is 9. The molecule has 0 fully saturated rings. The fourth-order valence-electron chi connectivity index (χ4n) is 11.0. The highest BCUT2D eigenvalue weighted by Gasteiger charge is 2.26. The van der Waals surface area contributed by atoms with Crippen LogP contribution < -0.4 is 14.5 Å². The summed E-state index contributed by atoms with van der Waals surface area (Å²) in [4.78, 5) is 9.74. The summed E-state index contributed by atoms with van der Waals surface area (Å²) in [5.41, 5.74) is 12.1. The Morgan fingerprint density at radius 2 is 0.884 bits per heavy atom. The van der Waals surface area contributed by atoms with E-state index in [4.69, 9.17) is 9.72 Å². The minimum Gasteiger partial charge on any atom is -0.457 e. The van der Waals surface area contributed by atoms with Gasteiger partial charge in [-0.1, -0.05) is 115 Å². The van der Waals surface area contributed by atoms with E-state index in [-0.39, 0.29) is 5.82 Å². The predicted octanol–water partition coefficient (Wildman–Crippen LogP) is 15.5. The summed E-state index contributed by atoms with van der Waals surface area (Å²) in [6.07, 6.45) is 1.72. The molecule has 9 aromatic carbocycles. The first-order valence-electron chi connectivity index (χ1n) is 23.2. The Hall–Kier alpha value is -9.14. The number of fused-ring (bicyclic) bond motifs is 10. The van der Waals surface area contributed by atoms with Crippen molar-refractivity contribution in [3.8, 4) is 39.8 Å². The van der Waals surface area contributed by atoms with Gasteiger partial charge in [0, 0.05) is 80.6 Å². The van der Waals surface area contributed by atoms with Crippen molar-refractivity contribution in [3.05, 3.63) is 224 Å². The van der Waals surface area contributed by atoms with Gasteiger partial charge in [0.1, 0.15) is 23.1 Å². The van der Waals surface area contributed by atoms with Crippen molar-refractivity contribution in [2.75, 3.05) is 23.5 Å². The lowest BCUT2D eigenvalue weighted by Gasteiger charge is -2.20. The number of hydrogen-bond acceptors (Lipinski definition) is 4. The number of nitrogens with zero attached hydrogens (tertiary/aromatic N) is 6. The molecule has 1 aliphatic heterocycles. The summed E-state index contributed by atoms with van der Waals surface area (Å²) < 4.78 is 31.2. The van der Waals surface area contributed by atoms with Crippen LogP contribution in [-0.4, -0.2) is 32.4 Å². The molecule has 0 aliphatic carbocycles. The molecular weight excluding hydrogens is 852 g/mol. The molecule has 0 atom stereocenters. The average molecular weight is 893 g/mol. The quantitative estimate of drug-likeness (QED) is 0.160. The van der Waals surface area contributed by atoms with Crippen LogP contribution in [0.1, 0.15) is 0 Å². The maximum absolute atomic E-state index is 18.0. The molecule has 13 aromatic rings. The summed E-state index contributed by atoms with van der Waals surface area (Å²) in [7, 11) is 2.11. The van der Waals surface area contributed by atoms with Gasteiger partial charge in [-0.15, -0.1) is 0 Å². The molecule has 0 N–H and O–H groups in total. The lowest BCUT2D eigenvalue weighted by atomic mass is 10.0. The minimum atomic E-state index is -0.389. The van der Waals surface area contributed by atoms with Crippen molar-refractivity contribution in [2.24, 2.45) is 0 Å². The first kappa shape index (κ1) is 39.1. The molecule has 7 nitrogen and oxygen atoms in total. The molecule has 69 heavy (non-hydrogen) atoms. The molecule has 328 valence electrons. The van der Waals surface area contributed by atoms with E-state index in [9.17, 15) is 0 Å². The van der Waals surface area contributed by atoms with Crippen molar-refractivity contribution in [1.29, 1.82) is 0 Å². The van der Waals surface area contributed by atoms with Crippen molar-refractivity contribution in [1.82, 2.24) is 18.7 Å². The van der Waals surface area contributed by atoms with E-state index in [0.717, 1.165) is 106 Å². The Morgan fingerprint density at radius 3 is 1.45 bits per heavy atom. The van der Waals surface area contributed by atoms with Gasteiger partial charge in [-0.05, 0) is 78.9 Å². The number of aromatic nitrogens is 4. The second kappa shape index (κ2) is 15.2. The first-order valence-corrected chi connectivity index (χ1v) is 23.2. The highest BCUT2D eigenvalue weighted by atomic mass is 19.1. The van der Waals surface area contributed by atoms with Gasteiger partial charge in [0.05, 0.1) is 62.5 Å². The molecule has 0 radical (unpaired) electrons. The standard InChI is InChI=1S/C61H41FN6O/c1-64-38-65(56-29-13-12-28-55(56)64)39-16-14-17-40(34-39)69-41-32-33-47-46-22-6-11-27-54(46)68(59(47)35-41)60-36-49(62)48(37-63-60)61-57(66-50-23-7-2-18-42(50)43-19-3-8-24-51(43)66)30-15-31-58(61)67-52-25-9-4-20-44(52)45-21-5-10-26-53(45)67/h2-37H,38H2,1H3. The lowest BCUT2D eigenvalue weighted by molar-refractivity contribution is 0.483. The molecule has 5 heterocycles. The highest BCUT2D eigenvalue weighted by molar-refractivity contribution is 6.12. The van der Waals surface area contributed by atoms with Crippen molar-refractivity contribution >= 4 is 82.5 Å². The van der Waals surface area contributed by atoms with Crippen LogP contribution in [0.25, 0.3) is 93.7 Å². The van der Waals surface area contributed by atoms with Gasteiger partial charge in [0.2, 0.25) is 0 Å². The number of hydrogen-bond donors (Lipinski definition) is 0. The fourth-order valence-corrected chi connectivity index (χ4v) is 11.0. The van der Waals surface area contributed by atoms with E-state index in [1.807, 2.05) is 41.0 Å². The van der Waals surface area contributed by atoms with Crippen LogP contribution in [0, 0.1) is 5.82 Å².